The maximum absolute atomic E-state index is 8.44. The van der Waals surface area contributed by atoms with E-state index < -0.39 is 11.4 Å². The van der Waals surface area contributed by atoms with Crippen LogP contribution in [0.5, 0.6) is 0 Å². The van der Waals surface area contributed by atoms with Gasteiger partial charge in [-0.1, -0.05) is 0 Å². The summed E-state index contributed by atoms with van der Waals surface area (Å²) < 4.78 is 25.3. The number of rotatable bonds is 0. The largest absolute Gasteiger partial charge is 2.00 e. The van der Waals surface area contributed by atoms with Gasteiger partial charge in [0.25, 0.3) is 0 Å². The average Bonchev–Trinajstić information content (AvgIpc) is 0.811. The Bertz CT molecular complexity index is 29.9. The van der Waals surface area contributed by atoms with E-state index in [4.69, 9.17) is 13.3 Å². The quantitative estimate of drug-likeness (QED) is 0.357. The van der Waals surface area contributed by atoms with Crippen molar-refractivity contribution < 1.29 is 32.8 Å². The molecule has 1 radical (unpaired) electrons. The summed E-state index contributed by atoms with van der Waals surface area (Å²) in [6.07, 6.45) is 0. The molecule has 0 saturated carbocycles. The van der Waals surface area contributed by atoms with Gasteiger partial charge in [-0.3, -0.25) is 4.21 Å². The van der Waals surface area contributed by atoms with Crippen LogP contribution in [0, 0.1) is 0 Å². The van der Waals surface area contributed by atoms with Gasteiger partial charge in [0, 0.05) is 0 Å². The van der Waals surface area contributed by atoms with Crippen LogP contribution in [0.4, 0.5) is 0 Å². The molecule has 0 aliphatic rings. The van der Waals surface area contributed by atoms with Gasteiger partial charge < -0.3 is 9.11 Å². The first-order chi connectivity index (χ1) is 1.73. The summed E-state index contributed by atoms with van der Waals surface area (Å²) in [5.41, 5.74) is 0. The fourth-order valence-corrected chi connectivity index (χ4v) is 0. The second kappa shape index (κ2) is 4.69. The van der Waals surface area contributed by atoms with E-state index >= 15 is 0 Å². The van der Waals surface area contributed by atoms with E-state index in [9.17, 15) is 0 Å². The first-order valence-electron chi connectivity index (χ1n) is 0.500. The molecular weight excluding hydrogens is 183 g/mol. The predicted octanol–water partition coefficient (Wildman–Crippen LogP) is -1.01. The van der Waals surface area contributed by atoms with Crippen LogP contribution in [0.1, 0.15) is 0 Å². The molecule has 0 N–H and O–H groups in total. The molecule has 0 aromatic heterocycles. The van der Waals surface area contributed by atoms with Crippen molar-refractivity contribution in [2.45, 2.75) is 0 Å². The summed E-state index contributed by atoms with van der Waals surface area (Å²) in [4.78, 5) is 0. The molecule has 3 nitrogen and oxygen atoms in total. The van der Waals surface area contributed by atoms with Crippen molar-refractivity contribution in [3.63, 3.8) is 0 Å². The minimum absolute atomic E-state index is 0. The molecule has 0 aromatic carbocycles. The Balaban J connectivity index is 0. The second-order valence-electron chi connectivity index (χ2n) is 0.204. The summed E-state index contributed by atoms with van der Waals surface area (Å²) in [7, 11) is 0. The topological polar surface area (TPSA) is 63.2 Å². The molecule has 0 aliphatic heterocycles. The van der Waals surface area contributed by atoms with Crippen molar-refractivity contribution in [1.82, 2.24) is 0 Å². The third kappa shape index (κ3) is 70.8. The molecule has 0 aliphatic carbocycles. The van der Waals surface area contributed by atoms with Crippen LogP contribution in [-0.2, 0) is 30.8 Å². The molecular formula is O3RhS. The van der Waals surface area contributed by atoms with Crippen LogP contribution in [0.2, 0.25) is 0 Å². The third-order valence-corrected chi connectivity index (χ3v) is 0. The first kappa shape index (κ1) is 9.19. The van der Waals surface area contributed by atoms with E-state index in [0.717, 1.165) is 0 Å². The number of hydrogen-bond donors (Lipinski definition) is 0. The van der Waals surface area contributed by atoms with Gasteiger partial charge >= 0.3 is 19.5 Å². The Morgan fingerprint density at radius 3 is 1.40 bits per heavy atom. The van der Waals surface area contributed by atoms with Gasteiger partial charge in [-0.25, -0.2) is 0 Å². The standard InChI is InChI=1S/H2O3S.Rh/c1-4(2)3;/h(H2,1,2,3);/q;+2/p-2. The Kier molecular flexibility index (Phi) is 8.63. The van der Waals surface area contributed by atoms with Crippen LogP contribution in [0.15, 0.2) is 0 Å². The van der Waals surface area contributed by atoms with Crippen LogP contribution in [0.25, 0.3) is 0 Å². The fraction of sp³-hybridized carbons (Fsp3) is 0. The molecule has 0 heterocycles. The fourth-order valence-electron chi connectivity index (χ4n) is 0. The monoisotopic (exact) mass is 183 g/mol. The molecule has 0 rings (SSSR count). The van der Waals surface area contributed by atoms with Crippen molar-refractivity contribution in [1.29, 1.82) is 0 Å². The van der Waals surface area contributed by atoms with Crippen LogP contribution in [0.3, 0.4) is 0 Å². The molecule has 33 valence electrons. The second-order valence-corrected chi connectivity index (χ2v) is 0.612. The summed E-state index contributed by atoms with van der Waals surface area (Å²) in [5.74, 6) is 0. The Hall–Kier alpha value is 0.693. The van der Waals surface area contributed by atoms with E-state index in [1.54, 1.807) is 0 Å². The minimum atomic E-state index is -3.11. The van der Waals surface area contributed by atoms with Crippen LogP contribution < -0.4 is 0 Å². The Labute approximate surface area is 44.6 Å². The molecule has 0 bridgehead atoms. The molecule has 0 atom stereocenters. The van der Waals surface area contributed by atoms with Gasteiger partial charge in [0.15, 0.2) is 0 Å². The van der Waals surface area contributed by atoms with Crippen LogP contribution in [-0.4, -0.2) is 13.3 Å². The molecule has 0 saturated heterocycles. The zero-order valence-electron chi connectivity index (χ0n) is 1.97. The maximum atomic E-state index is 8.44. The zero-order valence-corrected chi connectivity index (χ0v) is 4.42. The molecule has 0 amide bonds. The van der Waals surface area contributed by atoms with E-state index in [2.05, 4.69) is 0 Å². The normalized spacial score (nSPS) is 7.00. The molecule has 0 aromatic rings. The van der Waals surface area contributed by atoms with Gasteiger partial charge in [-0.2, -0.15) is 0 Å². The summed E-state index contributed by atoms with van der Waals surface area (Å²) in [6, 6.07) is 0. The van der Waals surface area contributed by atoms with Crippen molar-refractivity contribution in [3.05, 3.63) is 0 Å². The average molecular weight is 183 g/mol. The Morgan fingerprint density at radius 2 is 1.40 bits per heavy atom. The molecule has 0 spiro atoms. The molecule has 0 fully saturated rings. The van der Waals surface area contributed by atoms with Crippen LogP contribution >= 0.6 is 0 Å². The Morgan fingerprint density at radius 1 is 1.40 bits per heavy atom. The van der Waals surface area contributed by atoms with Crippen molar-refractivity contribution in [2.75, 3.05) is 0 Å². The molecule has 0 unspecified atom stereocenters. The van der Waals surface area contributed by atoms with Crippen molar-refractivity contribution >= 4 is 11.4 Å². The van der Waals surface area contributed by atoms with Gasteiger partial charge in [-0.15, -0.1) is 11.4 Å². The summed E-state index contributed by atoms with van der Waals surface area (Å²) in [5, 5.41) is 0. The molecule has 5 heteroatoms. The van der Waals surface area contributed by atoms with Crippen molar-refractivity contribution in [3.8, 4) is 0 Å². The van der Waals surface area contributed by atoms with Gasteiger partial charge in [0.2, 0.25) is 0 Å². The smallest absolute Gasteiger partial charge is 0.784 e. The van der Waals surface area contributed by atoms with E-state index in [1.165, 1.54) is 0 Å². The zero-order chi connectivity index (χ0) is 3.58. The predicted molar refractivity (Wildman–Crippen MR) is 9.70 cm³/mol. The van der Waals surface area contributed by atoms with Gasteiger partial charge in [-0.05, 0) is 0 Å². The van der Waals surface area contributed by atoms with E-state index in [1.807, 2.05) is 0 Å². The number of hydrogen-bond acceptors (Lipinski definition) is 3. The first-order valence-corrected chi connectivity index (χ1v) is 1.50. The summed E-state index contributed by atoms with van der Waals surface area (Å²) >= 11 is -3.11. The SMILES string of the molecule is O=S([O-])[O-].[Rh+2]. The minimum Gasteiger partial charge on any atom is -0.784 e. The molecule has 5 heavy (non-hydrogen) atoms. The maximum Gasteiger partial charge on any atom is 2.00 e. The van der Waals surface area contributed by atoms with Gasteiger partial charge in [0.05, 0.1) is 0 Å². The summed E-state index contributed by atoms with van der Waals surface area (Å²) in [6.45, 7) is 0. The van der Waals surface area contributed by atoms with E-state index in [-0.39, 0.29) is 19.5 Å². The van der Waals surface area contributed by atoms with Crippen molar-refractivity contribution in [2.24, 2.45) is 0 Å². The van der Waals surface area contributed by atoms with E-state index in [0.29, 0.717) is 0 Å². The third-order valence-electron chi connectivity index (χ3n) is 0. The van der Waals surface area contributed by atoms with Gasteiger partial charge in [0.1, 0.15) is 0 Å².